The molecule has 0 aromatic heterocycles. The summed E-state index contributed by atoms with van der Waals surface area (Å²) in [7, 11) is -2.41. The van der Waals surface area contributed by atoms with Gasteiger partial charge in [0.05, 0.1) is 7.11 Å². The van der Waals surface area contributed by atoms with Gasteiger partial charge in [-0.15, -0.1) is 0 Å². The number of methoxy groups -OCH3 is 1. The van der Waals surface area contributed by atoms with Crippen LogP contribution in [0.5, 0.6) is 5.75 Å². The number of sulfonamides is 1. The number of rotatable bonds is 5. The van der Waals surface area contributed by atoms with Gasteiger partial charge in [0.15, 0.2) is 0 Å². The number of nitrogens with zero attached hydrogens (tertiary/aromatic N) is 1. The van der Waals surface area contributed by atoms with Crippen LogP contribution in [-0.4, -0.2) is 39.4 Å². The molecule has 1 amide bonds. The lowest BCUT2D eigenvalue weighted by Crippen LogP contribution is -2.27. The maximum atomic E-state index is 12.8. The molecule has 138 valence electrons. The van der Waals surface area contributed by atoms with Crippen LogP contribution in [0.2, 0.25) is 0 Å². The average Bonchev–Trinajstić information content (AvgIpc) is 3.15. The molecule has 2 aromatic carbocycles. The summed E-state index contributed by atoms with van der Waals surface area (Å²) >= 11 is 0. The SMILES string of the molecule is COc1ccc(C)cc1S(=O)(=O)Nc1cccc(C(=O)N2CCCC2)c1. The van der Waals surface area contributed by atoms with E-state index >= 15 is 0 Å². The summed E-state index contributed by atoms with van der Waals surface area (Å²) in [6, 6.07) is 11.5. The van der Waals surface area contributed by atoms with E-state index in [0.29, 0.717) is 11.3 Å². The average molecular weight is 374 g/mol. The molecule has 6 nitrogen and oxygen atoms in total. The largest absolute Gasteiger partial charge is 0.495 e. The lowest BCUT2D eigenvalue weighted by Gasteiger charge is -2.16. The van der Waals surface area contributed by atoms with Gasteiger partial charge in [0.2, 0.25) is 0 Å². The Balaban J connectivity index is 1.87. The second-order valence-electron chi connectivity index (χ2n) is 6.34. The predicted molar refractivity (Wildman–Crippen MR) is 100 cm³/mol. The van der Waals surface area contributed by atoms with E-state index in [0.717, 1.165) is 31.5 Å². The molecule has 0 saturated carbocycles. The standard InChI is InChI=1S/C19H22N2O4S/c1-14-8-9-17(25-2)18(12-14)26(23,24)20-16-7-5-6-15(13-16)19(22)21-10-3-4-11-21/h5-9,12-13,20H,3-4,10-11H2,1-2H3. The van der Waals surface area contributed by atoms with Gasteiger partial charge >= 0.3 is 0 Å². The number of hydrogen-bond donors (Lipinski definition) is 1. The van der Waals surface area contributed by atoms with Crippen molar-refractivity contribution in [1.29, 1.82) is 0 Å². The van der Waals surface area contributed by atoms with Gasteiger partial charge in [-0.25, -0.2) is 8.42 Å². The quantitative estimate of drug-likeness (QED) is 0.873. The fourth-order valence-corrected chi connectivity index (χ4v) is 4.33. The molecule has 1 heterocycles. The van der Waals surface area contributed by atoms with E-state index in [2.05, 4.69) is 4.72 Å². The topological polar surface area (TPSA) is 75.7 Å². The molecule has 1 aliphatic heterocycles. The number of amides is 1. The molecule has 0 unspecified atom stereocenters. The fraction of sp³-hybridized carbons (Fsp3) is 0.316. The van der Waals surface area contributed by atoms with E-state index in [4.69, 9.17) is 4.74 Å². The van der Waals surface area contributed by atoms with Crippen LogP contribution in [0.3, 0.4) is 0 Å². The maximum absolute atomic E-state index is 12.8. The monoisotopic (exact) mass is 374 g/mol. The molecule has 3 rings (SSSR count). The zero-order valence-corrected chi connectivity index (χ0v) is 15.7. The minimum absolute atomic E-state index is 0.0660. The van der Waals surface area contributed by atoms with Crippen LogP contribution in [0.15, 0.2) is 47.4 Å². The highest BCUT2D eigenvalue weighted by Crippen LogP contribution is 2.27. The highest BCUT2D eigenvalue weighted by molar-refractivity contribution is 7.92. The molecule has 0 aliphatic carbocycles. The van der Waals surface area contributed by atoms with Gasteiger partial charge in [0, 0.05) is 24.3 Å². The van der Waals surface area contributed by atoms with E-state index in [1.807, 2.05) is 6.92 Å². The molecular formula is C19H22N2O4S. The Kier molecular flexibility index (Phi) is 5.18. The maximum Gasteiger partial charge on any atom is 0.265 e. The van der Waals surface area contributed by atoms with Crippen molar-refractivity contribution in [3.63, 3.8) is 0 Å². The molecular weight excluding hydrogens is 352 g/mol. The molecule has 1 N–H and O–H groups in total. The number of likely N-dealkylation sites (tertiary alicyclic amines) is 1. The van der Waals surface area contributed by atoms with Crippen molar-refractivity contribution < 1.29 is 17.9 Å². The van der Waals surface area contributed by atoms with Crippen molar-refractivity contribution >= 4 is 21.6 Å². The first-order valence-electron chi connectivity index (χ1n) is 8.47. The number of nitrogens with one attached hydrogen (secondary N) is 1. The number of aryl methyl sites for hydroxylation is 1. The third-order valence-electron chi connectivity index (χ3n) is 4.36. The second-order valence-corrected chi connectivity index (χ2v) is 7.99. The molecule has 0 spiro atoms. The molecule has 1 saturated heterocycles. The zero-order chi connectivity index (χ0) is 18.7. The van der Waals surface area contributed by atoms with Gasteiger partial charge < -0.3 is 9.64 Å². The second kappa shape index (κ2) is 7.37. The Bertz CT molecular complexity index is 919. The summed E-state index contributed by atoms with van der Waals surface area (Å²) in [5.74, 6) is 0.198. The van der Waals surface area contributed by atoms with E-state index in [1.165, 1.54) is 7.11 Å². The predicted octanol–water partition coefficient (Wildman–Crippen LogP) is 3.04. The van der Waals surface area contributed by atoms with Gasteiger partial charge in [0.25, 0.3) is 15.9 Å². The first-order chi connectivity index (χ1) is 12.4. The molecule has 26 heavy (non-hydrogen) atoms. The highest BCUT2D eigenvalue weighted by atomic mass is 32.2. The Labute approximate surface area is 153 Å². The molecule has 1 aliphatic rings. The van der Waals surface area contributed by atoms with Crippen LogP contribution in [-0.2, 0) is 10.0 Å². The van der Waals surface area contributed by atoms with Crippen LogP contribution >= 0.6 is 0 Å². The van der Waals surface area contributed by atoms with Crippen LogP contribution in [0.4, 0.5) is 5.69 Å². The number of carbonyl (C=O) groups excluding carboxylic acids is 1. The van der Waals surface area contributed by atoms with Crippen LogP contribution in [0, 0.1) is 6.92 Å². The van der Waals surface area contributed by atoms with Crippen molar-refractivity contribution in [2.24, 2.45) is 0 Å². The molecule has 7 heteroatoms. The van der Waals surface area contributed by atoms with E-state index in [1.54, 1.807) is 47.4 Å². The number of hydrogen-bond acceptors (Lipinski definition) is 4. The van der Waals surface area contributed by atoms with Gasteiger partial charge in [-0.05, 0) is 55.7 Å². The Morgan fingerprint density at radius 1 is 1.12 bits per heavy atom. The van der Waals surface area contributed by atoms with Gasteiger partial charge in [-0.1, -0.05) is 12.1 Å². The summed E-state index contributed by atoms with van der Waals surface area (Å²) in [5, 5.41) is 0. The summed E-state index contributed by atoms with van der Waals surface area (Å²) in [4.78, 5) is 14.4. The Morgan fingerprint density at radius 2 is 1.85 bits per heavy atom. The highest BCUT2D eigenvalue weighted by Gasteiger charge is 2.22. The molecule has 2 aromatic rings. The van der Waals surface area contributed by atoms with Crippen molar-refractivity contribution in [2.45, 2.75) is 24.7 Å². The lowest BCUT2D eigenvalue weighted by molar-refractivity contribution is 0.0793. The number of anilines is 1. The third-order valence-corrected chi connectivity index (χ3v) is 5.77. The van der Waals surface area contributed by atoms with Crippen molar-refractivity contribution in [1.82, 2.24) is 4.90 Å². The number of ether oxygens (including phenoxy) is 1. The number of benzene rings is 2. The normalized spacial score (nSPS) is 14.3. The van der Waals surface area contributed by atoms with Crippen LogP contribution < -0.4 is 9.46 Å². The van der Waals surface area contributed by atoms with Gasteiger partial charge in [0.1, 0.15) is 10.6 Å². The van der Waals surface area contributed by atoms with Crippen molar-refractivity contribution in [3.05, 3.63) is 53.6 Å². The first-order valence-corrected chi connectivity index (χ1v) is 9.96. The Morgan fingerprint density at radius 3 is 2.54 bits per heavy atom. The van der Waals surface area contributed by atoms with Crippen molar-refractivity contribution in [2.75, 3.05) is 24.9 Å². The van der Waals surface area contributed by atoms with E-state index < -0.39 is 10.0 Å². The smallest absolute Gasteiger partial charge is 0.265 e. The zero-order valence-electron chi connectivity index (χ0n) is 14.9. The lowest BCUT2D eigenvalue weighted by atomic mass is 10.2. The molecule has 1 fully saturated rings. The van der Waals surface area contributed by atoms with E-state index in [-0.39, 0.29) is 16.6 Å². The van der Waals surface area contributed by atoms with E-state index in [9.17, 15) is 13.2 Å². The fourth-order valence-electron chi connectivity index (χ4n) is 3.02. The molecule has 0 atom stereocenters. The first kappa shape index (κ1) is 18.3. The number of carbonyl (C=O) groups is 1. The summed E-state index contributed by atoms with van der Waals surface area (Å²) in [5.41, 5.74) is 1.63. The van der Waals surface area contributed by atoms with Crippen molar-refractivity contribution in [3.8, 4) is 5.75 Å². The summed E-state index contributed by atoms with van der Waals surface area (Å²) in [6.07, 6.45) is 2.01. The molecule has 0 radical (unpaired) electrons. The van der Waals surface area contributed by atoms with Gasteiger partial charge in [-0.2, -0.15) is 0 Å². The summed E-state index contributed by atoms with van der Waals surface area (Å²) in [6.45, 7) is 3.30. The third kappa shape index (κ3) is 3.83. The Hall–Kier alpha value is -2.54. The van der Waals surface area contributed by atoms with Crippen LogP contribution in [0.1, 0.15) is 28.8 Å². The minimum atomic E-state index is -3.84. The van der Waals surface area contributed by atoms with Gasteiger partial charge in [-0.3, -0.25) is 9.52 Å². The molecule has 0 bridgehead atoms. The van der Waals surface area contributed by atoms with Crippen LogP contribution in [0.25, 0.3) is 0 Å². The summed E-state index contributed by atoms with van der Waals surface area (Å²) < 4.78 is 33.3. The minimum Gasteiger partial charge on any atom is -0.495 e.